The van der Waals surface area contributed by atoms with Crippen molar-refractivity contribution in [2.45, 2.75) is 129 Å². The van der Waals surface area contributed by atoms with Gasteiger partial charge < -0.3 is 55.0 Å². The van der Waals surface area contributed by atoms with E-state index in [9.17, 15) is 34.3 Å². The number of carbonyl (C=O) groups is 5. The van der Waals surface area contributed by atoms with Crippen molar-refractivity contribution in [3.63, 3.8) is 0 Å². The standard InChI is InChI=1S/C65H78Cl2F2N8O11S.CH4/c1-39-56(89-38-72-39)41-16-14-40(15-17-41)32-71-60(82)65-34-63(83,36-73-65)37-77(65)59(81)57(62(5,6)7)76-52(79)33-88-28-27-87-26-25-86-24-23-85-22-10-13-49(78)42-18-21-48(50(29-42)84-8)74-58(80)55-53(44-11-9-12-46(67)54(44)69)64(35-70,51(75-55)31-61(2,3)4)45-20-19-43(66)30-47(45)68;/h9,11-12,14-21,29-30,38,51,53,55,57,73,75,83H,10,13,22-28,31-34,36-37H2,1-8H3,(H,71,82)(H,74,80)(H,76,79);1H4/t51-,53-,55+,57+,63+,64-,65-;/m0./s1. The normalized spacial score (nSPS) is 21.5. The molecule has 0 aliphatic carbocycles. The van der Waals surface area contributed by atoms with Gasteiger partial charge in [0.1, 0.15) is 35.4 Å². The number of hydrogen-bond donors (Lipinski definition) is 6. The Morgan fingerprint density at radius 3 is 2.20 bits per heavy atom. The Morgan fingerprint density at radius 1 is 0.911 bits per heavy atom. The van der Waals surface area contributed by atoms with Crippen molar-refractivity contribution in [2.24, 2.45) is 10.8 Å². The van der Waals surface area contributed by atoms with E-state index in [2.05, 4.69) is 37.6 Å². The lowest BCUT2D eigenvalue weighted by atomic mass is 9.62. The fourth-order valence-corrected chi connectivity index (χ4v) is 13.1. The van der Waals surface area contributed by atoms with Gasteiger partial charge in [-0.1, -0.05) is 115 Å². The number of nitriles is 1. The number of methoxy groups -OCH3 is 1. The van der Waals surface area contributed by atoms with Gasteiger partial charge in [0.2, 0.25) is 17.7 Å². The van der Waals surface area contributed by atoms with E-state index in [0.29, 0.717) is 12.0 Å². The van der Waals surface area contributed by atoms with Crippen LogP contribution < -0.4 is 31.3 Å². The molecule has 4 amide bonds. The highest BCUT2D eigenvalue weighted by molar-refractivity contribution is 7.13. The van der Waals surface area contributed by atoms with E-state index < -0.39 is 86.8 Å². The lowest BCUT2D eigenvalue weighted by Crippen LogP contribution is -2.70. The lowest BCUT2D eigenvalue weighted by molar-refractivity contribution is -0.153. The zero-order chi connectivity index (χ0) is 64.5. The van der Waals surface area contributed by atoms with E-state index >= 15 is 8.78 Å². The number of β-amino-alcohol motifs (C(OH)–C–C–N with tert-alkyl or cyclic N) is 1. The molecule has 0 saturated carbocycles. The van der Waals surface area contributed by atoms with Gasteiger partial charge in [-0.3, -0.25) is 29.3 Å². The Bertz CT molecular complexity index is 3410. The molecular weight excluding hydrogens is 1220 g/mol. The van der Waals surface area contributed by atoms with Crippen molar-refractivity contribution in [1.29, 1.82) is 5.26 Å². The third-order valence-corrected chi connectivity index (χ3v) is 17.7. The molecule has 3 saturated heterocycles. The molecule has 8 rings (SSSR count). The number of nitrogens with zero attached hydrogens (tertiary/aromatic N) is 3. The smallest absolute Gasteiger partial charge is 0.261 e. The Morgan fingerprint density at radius 2 is 1.59 bits per heavy atom. The molecule has 2 bridgehead atoms. The summed E-state index contributed by atoms with van der Waals surface area (Å²) < 4.78 is 60.4. The van der Waals surface area contributed by atoms with Gasteiger partial charge in [0.15, 0.2) is 11.4 Å². The number of rotatable bonds is 28. The topological polar surface area (TPSA) is 252 Å². The molecule has 0 spiro atoms. The van der Waals surface area contributed by atoms with Gasteiger partial charge in [-0.2, -0.15) is 5.26 Å². The van der Waals surface area contributed by atoms with E-state index in [4.69, 9.17) is 46.9 Å². The van der Waals surface area contributed by atoms with Gasteiger partial charge in [0.25, 0.3) is 5.91 Å². The summed E-state index contributed by atoms with van der Waals surface area (Å²) in [5, 5.41) is 37.4. The van der Waals surface area contributed by atoms with Crippen LogP contribution in [0.25, 0.3) is 10.4 Å². The Kier molecular flexibility index (Phi) is 23.9. The van der Waals surface area contributed by atoms with Crippen molar-refractivity contribution in [3.05, 3.63) is 134 Å². The number of amides is 4. The van der Waals surface area contributed by atoms with Crippen LogP contribution in [-0.4, -0.2) is 147 Å². The number of aryl methyl sites for hydroxylation is 1. The van der Waals surface area contributed by atoms with Crippen LogP contribution in [0.2, 0.25) is 10.0 Å². The summed E-state index contributed by atoms with van der Waals surface area (Å²) in [7, 11) is 1.38. The number of hydrogen-bond acceptors (Lipinski definition) is 16. The zero-order valence-electron chi connectivity index (χ0n) is 51.3. The van der Waals surface area contributed by atoms with Crippen molar-refractivity contribution in [3.8, 4) is 22.3 Å². The third-order valence-electron chi connectivity index (χ3n) is 16.2. The molecule has 1 aromatic heterocycles. The van der Waals surface area contributed by atoms with Crippen LogP contribution in [0.1, 0.15) is 113 Å². The van der Waals surface area contributed by atoms with Gasteiger partial charge in [-0.05, 0) is 83.7 Å². The van der Waals surface area contributed by atoms with Crippen LogP contribution in [0.4, 0.5) is 14.5 Å². The molecule has 6 N–H and O–H groups in total. The average Bonchev–Trinajstić information content (AvgIpc) is 1.54. The number of thiazole rings is 1. The second-order valence-electron chi connectivity index (χ2n) is 25.1. The summed E-state index contributed by atoms with van der Waals surface area (Å²) in [4.78, 5) is 76.2. The molecule has 24 heteroatoms. The van der Waals surface area contributed by atoms with Crippen LogP contribution in [0.5, 0.6) is 5.75 Å². The second-order valence-corrected chi connectivity index (χ2v) is 26.8. The van der Waals surface area contributed by atoms with E-state index in [1.54, 1.807) is 43.7 Å². The van der Waals surface area contributed by atoms with E-state index in [1.165, 1.54) is 54.5 Å². The summed E-state index contributed by atoms with van der Waals surface area (Å²) >= 11 is 14.0. The van der Waals surface area contributed by atoms with Crippen molar-refractivity contribution < 1.29 is 61.5 Å². The van der Waals surface area contributed by atoms with Gasteiger partial charge in [-0.15, -0.1) is 11.3 Å². The van der Waals surface area contributed by atoms with E-state index in [0.717, 1.165) is 27.8 Å². The molecule has 3 aliphatic heterocycles. The highest BCUT2D eigenvalue weighted by Gasteiger charge is 2.65. The first-order chi connectivity index (χ1) is 42.2. The molecule has 19 nitrogen and oxygen atoms in total. The van der Waals surface area contributed by atoms with E-state index in [1.807, 2.05) is 52.0 Å². The largest absolute Gasteiger partial charge is 0.495 e. The van der Waals surface area contributed by atoms with Crippen LogP contribution in [0.3, 0.4) is 0 Å². The summed E-state index contributed by atoms with van der Waals surface area (Å²) in [6.07, 6.45) is 0.825. The highest BCUT2D eigenvalue weighted by Crippen LogP contribution is 2.53. The van der Waals surface area contributed by atoms with Crippen LogP contribution in [0, 0.1) is 40.7 Å². The number of anilines is 1. The molecule has 5 aromatic rings. The van der Waals surface area contributed by atoms with Crippen molar-refractivity contribution >= 4 is 69.6 Å². The molecule has 3 aliphatic rings. The number of Topliss-reactive ketones (excluding diaryl/α,β-unsaturated/α-hetero) is 1. The monoisotopic (exact) mass is 1300 g/mol. The molecule has 3 fully saturated rings. The van der Waals surface area contributed by atoms with E-state index in [-0.39, 0.29) is 138 Å². The number of aromatic nitrogens is 1. The number of nitrogens with one attached hydrogen (secondary N) is 5. The Hall–Kier alpha value is -6.49. The summed E-state index contributed by atoms with van der Waals surface area (Å²) in [5.41, 5.74) is -0.847. The maximum atomic E-state index is 16.2. The van der Waals surface area contributed by atoms with Crippen LogP contribution >= 0.6 is 34.5 Å². The fraction of sp³-hybridized carbons (Fsp3) is 0.500. The molecule has 90 heavy (non-hydrogen) atoms. The second kappa shape index (κ2) is 30.3. The maximum Gasteiger partial charge on any atom is 0.261 e. The average molecular weight is 1300 g/mol. The quantitative estimate of drug-likeness (QED) is 0.0202. The number of halogens is 4. The first-order valence-corrected chi connectivity index (χ1v) is 31.1. The van der Waals surface area contributed by atoms with Gasteiger partial charge in [-0.25, -0.2) is 13.8 Å². The lowest BCUT2D eigenvalue weighted by Gasteiger charge is -2.42. The minimum Gasteiger partial charge on any atom is -0.495 e. The Labute approximate surface area is 539 Å². The SMILES string of the molecule is C.COc1cc(C(=O)CCCOCCOCCOCCOCC(=O)N[C@H](C(=O)N2C[C@]3(O)CN[C@@]2(C(=O)NCc2ccc(-c4scnc4C)cc2)C3)C(C)(C)C)ccc1NC(=O)[C@@H]1N[C@@H](CC(C)(C)C)[C@](C#N)(c2ccc(Cl)cc2F)[C@H]1c1cccc(Cl)c1F. The Balaban J connectivity index is 0.0000115. The summed E-state index contributed by atoms with van der Waals surface area (Å²) in [5.74, 6) is -5.13. The maximum absolute atomic E-state index is 16.2. The fourth-order valence-electron chi connectivity index (χ4n) is 11.9. The van der Waals surface area contributed by atoms with Gasteiger partial charge >= 0.3 is 0 Å². The van der Waals surface area contributed by atoms with Gasteiger partial charge in [0.05, 0.1) is 97.8 Å². The summed E-state index contributed by atoms with van der Waals surface area (Å²) in [6, 6.07) is 19.7. The number of fused-ring (bicyclic) bond motifs is 2. The first kappa shape index (κ1) is 71.0. The predicted octanol–water partition coefficient (Wildman–Crippen LogP) is 9.45. The molecule has 486 valence electrons. The third kappa shape index (κ3) is 16.4. The molecule has 0 unspecified atom stereocenters. The van der Waals surface area contributed by atoms with Crippen LogP contribution in [-0.2, 0) is 50.1 Å². The van der Waals surface area contributed by atoms with Crippen LogP contribution in [0.15, 0.2) is 84.4 Å². The summed E-state index contributed by atoms with van der Waals surface area (Å²) in [6.45, 7) is 14.7. The molecule has 4 aromatic carbocycles. The number of ether oxygens (including phenoxy) is 5. The number of likely N-dealkylation sites (tertiary alicyclic amines) is 1. The minimum absolute atomic E-state index is 0. The number of benzene rings is 4. The number of carbonyl (C=O) groups excluding carboxylic acids is 5. The highest BCUT2D eigenvalue weighted by atomic mass is 35.5. The predicted molar refractivity (Wildman–Crippen MR) is 340 cm³/mol. The number of ketones is 1. The number of aliphatic hydroxyl groups is 1. The zero-order valence-corrected chi connectivity index (χ0v) is 53.6. The van der Waals surface area contributed by atoms with Crippen molar-refractivity contribution in [2.75, 3.05) is 78.4 Å². The first-order valence-electron chi connectivity index (χ1n) is 29.5. The molecule has 0 radical (unpaired) electrons. The molecular formula is C66H82Cl2F2N8O11S. The minimum atomic E-state index is -1.83. The van der Waals surface area contributed by atoms with Gasteiger partial charge in [0, 0.05) is 60.6 Å². The van der Waals surface area contributed by atoms with Crippen molar-refractivity contribution in [1.82, 2.24) is 31.2 Å². The molecule has 4 heterocycles. The molecule has 7 atom stereocenters.